The van der Waals surface area contributed by atoms with Crippen molar-refractivity contribution in [1.29, 1.82) is 0 Å². The van der Waals surface area contributed by atoms with Crippen LogP contribution >= 0.6 is 0 Å². The largest absolute Gasteiger partial charge is 0.478 e. The van der Waals surface area contributed by atoms with Crippen LogP contribution in [0.1, 0.15) is 103 Å². The lowest BCUT2D eigenvalue weighted by atomic mass is 9.54. The third kappa shape index (κ3) is 4.40. The van der Waals surface area contributed by atoms with Gasteiger partial charge in [0.05, 0.1) is 29.5 Å². The van der Waals surface area contributed by atoms with E-state index in [2.05, 4.69) is 10.4 Å². The molecule has 0 aliphatic heterocycles. The van der Waals surface area contributed by atoms with Crippen LogP contribution in [0.4, 0.5) is 5.69 Å². The van der Waals surface area contributed by atoms with Gasteiger partial charge in [-0.3, -0.25) is 14.7 Å². The van der Waals surface area contributed by atoms with Crippen molar-refractivity contribution in [1.82, 2.24) is 9.78 Å². The van der Waals surface area contributed by atoms with Crippen LogP contribution in [0.25, 0.3) is 0 Å². The first-order valence-corrected chi connectivity index (χ1v) is 13.5. The van der Waals surface area contributed by atoms with Crippen LogP contribution in [0.3, 0.4) is 0 Å². The number of carbonyl (C=O) groups is 2. The van der Waals surface area contributed by atoms with Crippen LogP contribution in [0.15, 0.2) is 29.1 Å². The molecule has 4 bridgehead atoms. The number of rotatable bonds is 7. The Kier molecular flexibility index (Phi) is 6.02. The first-order valence-electron chi connectivity index (χ1n) is 13.5. The van der Waals surface area contributed by atoms with E-state index in [-0.39, 0.29) is 34.9 Å². The maximum absolute atomic E-state index is 13.5. The molecule has 1 heterocycles. The van der Waals surface area contributed by atoms with E-state index in [1.54, 1.807) is 16.8 Å². The number of nitrogens with one attached hydrogen (secondary N) is 2. The summed E-state index contributed by atoms with van der Waals surface area (Å²) in [5.74, 6) is 0.624. The van der Waals surface area contributed by atoms with Crippen LogP contribution < -0.4 is 10.9 Å². The topological polar surface area (TPSA) is 113 Å². The van der Waals surface area contributed by atoms with Gasteiger partial charge in [0.2, 0.25) is 0 Å². The predicted molar refractivity (Wildman–Crippen MR) is 134 cm³/mol. The molecule has 5 fully saturated rings. The highest BCUT2D eigenvalue weighted by Gasteiger charge is 2.51. The van der Waals surface area contributed by atoms with Gasteiger partial charge in [0.15, 0.2) is 0 Å². The van der Waals surface area contributed by atoms with Crippen molar-refractivity contribution in [2.24, 2.45) is 17.8 Å². The number of hydrogen-bond acceptors (Lipinski definition) is 4. The van der Waals surface area contributed by atoms with E-state index in [0.717, 1.165) is 62.7 Å². The highest BCUT2D eigenvalue weighted by Crippen LogP contribution is 2.57. The molecule has 5 saturated carbocycles. The van der Waals surface area contributed by atoms with Crippen LogP contribution in [0, 0.1) is 17.8 Å². The second-order valence-electron chi connectivity index (χ2n) is 11.7. The number of ether oxygens (including phenoxy) is 1. The van der Waals surface area contributed by atoms with E-state index in [4.69, 9.17) is 4.74 Å². The van der Waals surface area contributed by atoms with Gasteiger partial charge in [0.1, 0.15) is 5.56 Å². The van der Waals surface area contributed by atoms with Crippen molar-refractivity contribution >= 4 is 17.6 Å². The molecule has 3 N–H and O–H groups in total. The van der Waals surface area contributed by atoms with Crippen molar-refractivity contribution in [2.45, 2.75) is 88.9 Å². The monoisotopic (exact) mass is 493 g/mol. The predicted octanol–water partition coefficient (Wildman–Crippen LogP) is 5.12. The van der Waals surface area contributed by atoms with E-state index in [1.807, 2.05) is 0 Å². The summed E-state index contributed by atoms with van der Waals surface area (Å²) in [6, 6.07) is 6.13. The fraction of sp³-hybridized carbons (Fsp3) is 0.607. The second-order valence-corrected chi connectivity index (χ2v) is 11.7. The number of H-pyrrole nitrogens is 1. The Morgan fingerprint density at radius 3 is 2.36 bits per heavy atom. The molecule has 36 heavy (non-hydrogen) atoms. The number of benzene rings is 1. The number of nitrogens with zero attached hydrogens (tertiary/aromatic N) is 1. The van der Waals surface area contributed by atoms with Crippen LogP contribution in [0.5, 0.6) is 0 Å². The normalized spacial score (nSPS) is 29.4. The Bertz CT molecular complexity index is 1190. The number of aromatic nitrogens is 2. The van der Waals surface area contributed by atoms with E-state index >= 15 is 0 Å². The maximum atomic E-state index is 13.5. The van der Waals surface area contributed by atoms with E-state index in [9.17, 15) is 19.5 Å². The highest BCUT2D eigenvalue weighted by atomic mass is 16.5. The Balaban J connectivity index is 1.28. The molecule has 8 nitrogen and oxygen atoms in total. The van der Waals surface area contributed by atoms with Crippen LogP contribution in [-0.4, -0.2) is 32.4 Å². The van der Waals surface area contributed by atoms with Crippen LogP contribution in [0.2, 0.25) is 0 Å². The van der Waals surface area contributed by atoms with Gasteiger partial charge >= 0.3 is 5.97 Å². The summed E-state index contributed by atoms with van der Waals surface area (Å²) in [4.78, 5) is 38.3. The number of carbonyl (C=O) groups excluding carboxylic acids is 1. The van der Waals surface area contributed by atoms with E-state index in [0.29, 0.717) is 11.4 Å². The minimum atomic E-state index is -1.07. The fourth-order valence-corrected chi connectivity index (χ4v) is 7.79. The smallest absolute Gasteiger partial charge is 0.335 e. The number of aromatic carboxylic acids is 1. The summed E-state index contributed by atoms with van der Waals surface area (Å²) in [6.07, 6.45) is 12.3. The lowest BCUT2D eigenvalue weighted by molar-refractivity contribution is -0.169. The molecular formula is C28H35N3O5. The molecule has 1 aromatic heterocycles. The highest BCUT2D eigenvalue weighted by molar-refractivity contribution is 6.05. The number of aromatic amines is 1. The van der Waals surface area contributed by atoms with Gasteiger partial charge in [0, 0.05) is 5.69 Å². The van der Waals surface area contributed by atoms with E-state index < -0.39 is 11.9 Å². The molecule has 2 aromatic rings. The number of hydrogen-bond donors (Lipinski definition) is 3. The standard InChI is InChI=1S/C28H35N3O5/c32-25(29-21-6-4-5-20(12-21)27(34)35)24-23(30-31(26(24)33)22-7-2-1-3-8-22)16-36-28-13-17-9-18(14-28)11-19(10-17)15-28/h4-6,12,17-19,22,30H,1-3,7-11,13-16H2,(H,29,32)(H,34,35). The lowest BCUT2D eigenvalue weighted by Crippen LogP contribution is -2.51. The Morgan fingerprint density at radius 2 is 1.72 bits per heavy atom. The van der Waals surface area contributed by atoms with Gasteiger partial charge in [-0.15, -0.1) is 0 Å². The van der Waals surface area contributed by atoms with Gasteiger partial charge in [0.25, 0.3) is 11.5 Å². The Hall–Kier alpha value is -2.87. The minimum Gasteiger partial charge on any atom is -0.478 e. The number of carboxylic acid groups (broad SMARTS) is 1. The summed E-state index contributed by atoms with van der Waals surface area (Å²) in [5.41, 5.74) is 0.559. The second kappa shape index (κ2) is 9.21. The van der Waals surface area contributed by atoms with Crippen molar-refractivity contribution in [3.8, 4) is 0 Å². The molecule has 192 valence electrons. The SMILES string of the molecule is O=C(O)c1cccc(NC(=O)c2c(COC34CC5CC(CC(C5)C3)C4)[nH]n(C3CCCCC3)c2=O)c1. The molecule has 8 heteroatoms. The van der Waals surface area contributed by atoms with Crippen molar-refractivity contribution < 1.29 is 19.4 Å². The number of carboxylic acids is 1. The summed E-state index contributed by atoms with van der Waals surface area (Å²) in [7, 11) is 0. The third-order valence-corrected chi connectivity index (χ3v) is 9.03. The molecular weight excluding hydrogens is 458 g/mol. The molecule has 0 spiro atoms. The maximum Gasteiger partial charge on any atom is 0.335 e. The van der Waals surface area contributed by atoms with Gasteiger partial charge in [-0.25, -0.2) is 9.48 Å². The quantitative estimate of drug-likeness (QED) is 0.496. The molecule has 0 atom stereocenters. The summed E-state index contributed by atoms with van der Waals surface area (Å²) < 4.78 is 8.27. The zero-order chi connectivity index (χ0) is 24.9. The summed E-state index contributed by atoms with van der Waals surface area (Å²) in [5, 5.41) is 15.3. The fourth-order valence-electron chi connectivity index (χ4n) is 7.79. The molecule has 5 aliphatic rings. The first kappa shape index (κ1) is 23.5. The average Bonchev–Trinajstić information content (AvgIpc) is 3.19. The first-order chi connectivity index (χ1) is 17.4. The van der Waals surface area contributed by atoms with Gasteiger partial charge in [-0.2, -0.15) is 0 Å². The molecule has 5 aliphatic carbocycles. The molecule has 1 amide bonds. The zero-order valence-corrected chi connectivity index (χ0v) is 20.6. The number of anilines is 1. The van der Waals surface area contributed by atoms with Crippen molar-refractivity contribution in [3.05, 3.63) is 51.4 Å². The summed E-state index contributed by atoms with van der Waals surface area (Å²) >= 11 is 0. The summed E-state index contributed by atoms with van der Waals surface area (Å²) in [6.45, 7) is 0.207. The Morgan fingerprint density at radius 1 is 1.06 bits per heavy atom. The molecule has 0 radical (unpaired) electrons. The third-order valence-electron chi connectivity index (χ3n) is 9.03. The van der Waals surface area contributed by atoms with Crippen LogP contribution in [-0.2, 0) is 11.3 Å². The van der Waals surface area contributed by atoms with Gasteiger partial charge in [-0.1, -0.05) is 25.3 Å². The minimum absolute atomic E-state index is 0.0569. The van der Waals surface area contributed by atoms with Gasteiger partial charge in [-0.05, 0) is 87.3 Å². The molecule has 0 unspecified atom stereocenters. The zero-order valence-electron chi connectivity index (χ0n) is 20.6. The average molecular weight is 494 g/mol. The van der Waals surface area contributed by atoms with Crippen molar-refractivity contribution in [2.75, 3.05) is 5.32 Å². The van der Waals surface area contributed by atoms with Crippen molar-refractivity contribution in [3.63, 3.8) is 0 Å². The number of amides is 1. The molecule has 1 aromatic carbocycles. The molecule has 7 rings (SSSR count). The molecule has 0 saturated heterocycles. The Labute approximate surface area is 210 Å². The lowest BCUT2D eigenvalue weighted by Gasteiger charge is -2.56. The van der Waals surface area contributed by atoms with E-state index in [1.165, 1.54) is 37.8 Å². The van der Waals surface area contributed by atoms with Gasteiger partial charge < -0.3 is 15.2 Å².